The number of aromatic hydroxyl groups is 1. The first-order chi connectivity index (χ1) is 8.81. The Bertz CT molecular complexity index is 591. The molecular formula is C16H15ClO2. The van der Waals surface area contributed by atoms with E-state index >= 15 is 0 Å². The normalized spacial score (nSPS) is 15.3. The summed E-state index contributed by atoms with van der Waals surface area (Å²) in [5.41, 5.74) is 2.29. The number of fused-ring (bicyclic) bond motifs is 1. The Labute approximate surface area is 118 Å². The lowest BCUT2D eigenvalue weighted by molar-refractivity contribution is 0.378. The first kappa shape index (κ1) is 13.5. The quantitative estimate of drug-likeness (QED) is 0.845. The largest absolute Gasteiger partial charge is 0.508 e. The van der Waals surface area contributed by atoms with Crippen molar-refractivity contribution in [2.45, 2.75) is 12.8 Å². The molecule has 1 aliphatic rings. The summed E-state index contributed by atoms with van der Waals surface area (Å²) in [5, 5.41) is 9.46. The molecule has 0 amide bonds. The Kier molecular flexibility index (Phi) is 4.13. The number of rotatable bonds is 1. The van der Waals surface area contributed by atoms with Gasteiger partial charge in [-0.2, -0.15) is 0 Å². The Morgan fingerprint density at radius 1 is 1.00 bits per heavy atom. The predicted octanol–water partition coefficient (Wildman–Crippen LogP) is 4.18. The van der Waals surface area contributed by atoms with Crippen LogP contribution < -0.4 is 4.74 Å². The van der Waals surface area contributed by atoms with Crippen molar-refractivity contribution in [2.24, 2.45) is 0 Å². The van der Waals surface area contributed by atoms with Crippen LogP contribution in [0.3, 0.4) is 0 Å². The summed E-state index contributed by atoms with van der Waals surface area (Å²) >= 11 is 0. The van der Waals surface area contributed by atoms with Crippen molar-refractivity contribution in [1.29, 1.82) is 0 Å². The van der Waals surface area contributed by atoms with E-state index in [2.05, 4.69) is 0 Å². The van der Waals surface area contributed by atoms with Crippen molar-refractivity contribution in [3.63, 3.8) is 0 Å². The van der Waals surface area contributed by atoms with Gasteiger partial charge in [0.25, 0.3) is 0 Å². The van der Waals surface area contributed by atoms with Gasteiger partial charge in [-0.3, -0.25) is 0 Å². The maximum atomic E-state index is 9.46. The molecule has 0 fully saturated rings. The molecule has 1 heterocycles. The summed E-state index contributed by atoms with van der Waals surface area (Å²) in [6.07, 6.45) is 3.90. The topological polar surface area (TPSA) is 29.5 Å². The van der Waals surface area contributed by atoms with Crippen LogP contribution in [-0.2, 0) is 6.42 Å². The van der Waals surface area contributed by atoms with E-state index in [1.807, 2.05) is 42.5 Å². The maximum absolute atomic E-state index is 9.46. The van der Waals surface area contributed by atoms with Crippen LogP contribution in [0.5, 0.6) is 11.5 Å². The molecule has 3 heteroatoms. The predicted molar refractivity (Wildman–Crippen MR) is 78.7 cm³/mol. The smallest absolute Gasteiger partial charge is 0.133 e. The van der Waals surface area contributed by atoms with Crippen molar-refractivity contribution < 1.29 is 9.84 Å². The van der Waals surface area contributed by atoms with Crippen LogP contribution in [-0.4, -0.2) is 5.11 Å². The monoisotopic (exact) mass is 274 g/mol. The molecule has 0 bridgehead atoms. The van der Waals surface area contributed by atoms with Crippen molar-refractivity contribution in [2.75, 3.05) is 0 Å². The van der Waals surface area contributed by atoms with Crippen LogP contribution in [0.1, 0.15) is 17.5 Å². The molecule has 2 nitrogen and oxygen atoms in total. The van der Waals surface area contributed by atoms with Gasteiger partial charge in [-0.25, -0.2) is 0 Å². The molecule has 19 heavy (non-hydrogen) atoms. The highest BCUT2D eigenvalue weighted by atomic mass is 35.5. The zero-order valence-electron chi connectivity index (χ0n) is 10.4. The van der Waals surface area contributed by atoms with Crippen LogP contribution in [0, 0.1) is 0 Å². The van der Waals surface area contributed by atoms with Crippen LogP contribution in [0.25, 0.3) is 6.08 Å². The SMILES string of the molecule is Cl.Oc1ccc2c(c1)OC(=Cc1ccccc1)CC2. The second-order valence-electron chi connectivity index (χ2n) is 4.42. The fourth-order valence-corrected chi connectivity index (χ4v) is 2.13. The number of benzene rings is 2. The molecule has 0 saturated heterocycles. The highest BCUT2D eigenvalue weighted by Gasteiger charge is 2.14. The van der Waals surface area contributed by atoms with Gasteiger partial charge in [0.15, 0.2) is 0 Å². The molecule has 0 atom stereocenters. The molecule has 2 aromatic rings. The van der Waals surface area contributed by atoms with E-state index in [1.54, 1.807) is 12.1 Å². The van der Waals surface area contributed by atoms with Crippen molar-refractivity contribution in [3.8, 4) is 11.5 Å². The van der Waals surface area contributed by atoms with Gasteiger partial charge in [0.1, 0.15) is 17.3 Å². The first-order valence-electron chi connectivity index (χ1n) is 6.07. The van der Waals surface area contributed by atoms with Gasteiger partial charge in [-0.05, 0) is 29.7 Å². The number of aryl methyl sites for hydroxylation is 1. The van der Waals surface area contributed by atoms with Crippen molar-refractivity contribution in [1.82, 2.24) is 0 Å². The highest BCUT2D eigenvalue weighted by molar-refractivity contribution is 5.85. The van der Waals surface area contributed by atoms with Crippen LogP contribution in [0.2, 0.25) is 0 Å². The minimum absolute atomic E-state index is 0. The second-order valence-corrected chi connectivity index (χ2v) is 4.42. The molecule has 1 N–H and O–H groups in total. The fourth-order valence-electron chi connectivity index (χ4n) is 2.13. The minimum Gasteiger partial charge on any atom is -0.508 e. The average molecular weight is 275 g/mol. The van der Waals surface area contributed by atoms with Crippen LogP contribution in [0.15, 0.2) is 54.3 Å². The molecule has 2 aromatic carbocycles. The third-order valence-electron chi connectivity index (χ3n) is 3.06. The molecule has 98 valence electrons. The molecule has 3 rings (SSSR count). The van der Waals surface area contributed by atoms with Gasteiger partial charge in [-0.1, -0.05) is 36.4 Å². The third-order valence-corrected chi connectivity index (χ3v) is 3.06. The number of halogens is 1. The van der Waals surface area contributed by atoms with E-state index in [9.17, 15) is 5.11 Å². The number of ether oxygens (including phenoxy) is 1. The molecule has 0 aromatic heterocycles. The average Bonchev–Trinajstić information content (AvgIpc) is 2.39. The fraction of sp³-hybridized carbons (Fsp3) is 0.125. The van der Waals surface area contributed by atoms with Crippen LogP contribution in [0.4, 0.5) is 0 Å². The number of hydrogen-bond donors (Lipinski definition) is 1. The summed E-state index contributed by atoms with van der Waals surface area (Å²) in [6, 6.07) is 15.4. The zero-order valence-corrected chi connectivity index (χ0v) is 11.2. The molecule has 1 aliphatic heterocycles. The summed E-state index contributed by atoms with van der Waals surface area (Å²) in [7, 11) is 0. The van der Waals surface area contributed by atoms with E-state index in [0.717, 1.165) is 35.5 Å². The highest BCUT2D eigenvalue weighted by Crippen LogP contribution is 2.32. The van der Waals surface area contributed by atoms with Crippen LogP contribution >= 0.6 is 12.4 Å². The lowest BCUT2D eigenvalue weighted by Crippen LogP contribution is -2.06. The van der Waals surface area contributed by atoms with Gasteiger partial charge in [0.2, 0.25) is 0 Å². The van der Waals surface area contributed by atoms with Gasteiger partial charge in [-0.15, -0.1) is 12.4 Å². The van der Waals surface area contributed by atoms with E-state index in [4.69, 9.17) is 4.74 Å². The second kappa shape index (κ2) is 5.81. The minimum atomic E-state index is 0. The summed E-state index contributed by atoms with van der Waals surface area (Å²) in [5.74, 6) is 1.96. The maximum Gasteiger partial charge on any atom is 0.133 e. The van der Waals surface area contributed by atoms with Gasteiger partial charge >= 0.3 is 0 Å². The lowest BCUT2D eigenvalue weighted by atomic mass is 10.0. The first-order valence-corrected chi connectivity index (χ1v) is 6.07. The Hall–Kier alpha value is -1.93. The zero-order chi connectivity index (χ0) is 12.4. The van der Waals surface area contributed by atoms with E-state index in [1.165, 1.54) is 0 Å². The summed E-state index contributed by atoms with van der Waals surface area (Å²) in [6.45, 7) is 0. The van der Waals surface area contributed by atoms with E-state index in [-0.39, 0.29) is 18.2 Å². The number of phenols is 1. The number of phenolic OH excluding ortho intramolecular Hbond substituents is 1. The molecule has 0 spiro atoms. The van der Waals surface area contributed by atoms with Gasteiger partial charge in [0.05, 0.1) is 0 Å². The standard InChI is InChI=1S/C16H14O2.ClH/c17-14-8-6-13-7-9-15(18-16(13)11-14)10-12-4-2-1-3-5-12;/h1-6,8,10-11,17H,7,9H2;1H. The lowest BCUT2D eigenvalue weighted by Gasteiger charge is -2.19. The third kappa shape index (κ3) is 3.09. The molecule has 0 aliphatic carbocycles. The molecule has 0 saturated carbocycles. The van der Waals surface area contributed by atoms with Crippen molar-refractivity contribution >= 4 is 18.5 Å². The number of hydrogen-bond acceptors (Lipinski definition) is 2. The Morgan fingerprint density at radius 2 is 1.79 bits per heavy atom. The van der Waals surface area contributed by atoms with Gasteiger partial charge < -0.3 is 9.84 Å². The van der Waals surface area contributed by atoms with E-state index in [0.29, 0.717) is 0 Å². The Balaban J connectivity index is 0.00000133. The van der Waals surface area contributed by atoms with E-state index < -0.39 is 0 Å². The van der Waals surface area contributed by atoms with Crippen molar-refractivity contribution in [3.05, 3.63) is 65.4 Å². The molecule has 0 unspecified atom stereocenters. The summed E-state index contributed by atoms with van der Waals surface area (Å²) in [4.78, 5) is 0. The Morgan fingerprint density at radius 3 is 2.58 bits per heavy atom. The van der Waals surface area contributed by atoms with Gasteiger partial charge in [0, 0.05) is 12.5 Å². The number of allylic oxidation sites excluding steroid dienone is 1. The summed E-state index contributed by atoms with van der Waals surface area (Å²) < 4.78 is 5.82. The molecular weight excluding hydrogens is 260 g/mol. The molecule has 0 radical (unpaired) electrons.